The fraction of sp³-hybridized carbons (Fsp3) is 0.345. The Hall–Kier alpha value is -3.26. The largest absolute Gasteiger partial charge is 0.494 e. The van der Waals surface area contributed by atoms with Crippen molar-refractivity contribution in [2.24, 2.45) is 0 Å². The van der Waals surface area contributed by atoms with Crippen molar-refractivity contribution in [3.63, 3.8) is 0 Å². The van der Waals surface area contributed by atoms with E-state index in [2.05, 4.69) is 33.9 Å². The second-order valence-corrected chi connectivity index (χ2v) is 18.0. The van der Waals surface area contributed by atoms with E-state index >= 15 is 0 Å². The van der Waals surface area contributed by atoms with Crippen LogP contribution in [-0.2, 0) is 20.6 Å². The molecule has 8 nitrogen and oxygen atoms in total. The van der Waals surface area contributed by atoms with Crippen molar-refractivity contribution in [1.82, 2.24) is 0 Å². The number of aromatic carboxylic acids is 1. The van der Waals surface area contributed by atoms with Crippen molar-refractivity contribution in [3.05, 3.63) is 70.7 Å². The topological polar surface area (TPSA) is 111 Å². The summed E-state index contributed by atoms with van der Waals surface area (Å²) in [4.78, 5) is 10.8. The van der Waals surface area contributed by atoms with Crippen LogP contribution in [0.1, 0.15) is 36.7 Å². The van der Waals surface area contributed by atoms with Crippen LogP contribution in [0.3, 0.4) is 0 Å². The minimum absolute atomic E-state index is 0.000826. The van der Waals surface area contributed by atoms with E-state index in [1.165, 1.54) is 6.07 Å². The number of alkyl halides is 3. The number of carboxylic acid groups (broad SMARTS) is 1. The molecule has 14 heteroatoms. The van der Waals surface area contributed by atoms with E-state index in [1.54, 1.807) is 24.3 Å². The molecule has 0 amide bonds. The first-order chi connectivity index (χ1) is 19.8. The van der Waals surface area contributed by atoms with E-state index in [0.717, 1.165) is 31.4 Å². The molecule has 0 radical (unpaired) electrons. The first-order valence-electron chi connectivity index (χ1n) is 13.0. The zero-order valence-corrected chi connectivity index (χ0v) is 27.0. The molecule has 0 unspecified atom stereocenters. The Bertz CT molecular complexity index is 1610. The molecule has 3 aromatic rings. The highest BCUT2D eigenvalue weighted by Gasteiger charge is 2.37. The van der Waals surface area contributed by atoms with Crippen LogP contribution in [0.2, 0.25) is 23.2 Å². The molecule has 0 atom stereocenters. The van der Waals surface area contributed by atoms with Crippen LogP contribution in [0.4, 0.5) is 18.9 Å². The Labute approximate surface area is 254 Å². The van der Waals surface area contributed by atoms with Gasteiger partial charge in [0.15, 0.2) is 14.1 Å². The van der Waals surface area contributed by atoms with Crippen LogP contribution >= 0.6 is 11.6 Å². The Morgan fingerprint density at radius 3 is 2.26 bits per heavy atom. The number of rotatable bonds is 11. The number of sulfonamides is 1. The molecule has 0 aliphatic carbocycles. The van der Waals surface area contributed by atoms with Crippen LogP contribution in [0.25, 0.3) is 11.1 Å². The highest BCUT2D eigenvalue weighted by Crippen LogP contribution is 2.41. The number of halogens is 4. The second-order valence-electron chi connectivity index (χ2n) is 11.1. The summed E-state index contributed by atoms with van der Waals surface area (Å²) < 4.78 is 87.9. The number of benzene rings is 3. The molecule has 0 saturated heterocycles. The van der Waals surface area contributed by atoms with Crippen LogP contribution in [-0.4, -0.2) is 48.1 Å². The molecule has 3 rings (SSSR count). The van der Waals surface area contributed by atoms with Crippen LogP contribution in [0.15, 0.2) is 59.5 Å². The molecule has 0 aliphatic rings. The van der Waals surface area contributed by atoms with E-state index in [-0.39, 0.29) is 22.2 Å². The Kier molecular flexibility index (Phi) is 10.2. The molecule has 43 heavy (non-hydrogen) atoms. The van der Waals surface area contributed by atoms with Crippen molar-refractivity contribution in [2.75, 3.05) is 25.0 Å². The van der Waals surface area contributed by atoms with Gasteiger partial charge in [-0.15, -0.1) is 0 Å². The van der Waals surface area contributed by atoms with Crippen LogP contribution in [0.5, 0.6) is 11.5 Å². The van der Waals surface area contributed by atoms with E-state index in [0.29, 0.717) is 17.9 Å². The van der Waals surface area contributed by atoms with Gasteiger partial charge in [-0.05, 0) is 54.0 Å². The first-order valence-corrected chi connectivity index (χ1v) is 17.8. The zero-order chi connectivity index (χ0) is 32.4. The average molecular weight is 660 g/mol. The average Bonchev–Trinajstić information content (AvgIpc) is 2.89. The molecule has 0 aliphatic heterocycles. The van der Waals surface area contributed by atoms with Gasteiger partial charge < -0.3 is 19.0 Å². The van der Waals surface area contributed by atoms with Gasteiger partial charge in [-0.2, -0.15) is 13.2 Å². The van der Waals surface area contributed by atoms with Crippen molar-refractivity contribution in [2.45, 2.75) is 50.0 Å². The molecule has 3 aromatic carbocycles. The summed E-state index contributed by atoms with van der Waals surface area (Å²) >= 11 is 6.03. The fourth-order valence-electron chi connectivity index (χ4n) is 3.83. The molecule has 0 saturated carbocycles. The first kappa shape index (κ1) is 34.2. The molecule has 2 N–H and O–H groups in total. The van der Waals surface area contributed by atoms with Crippen LogP contribution < -0.4 is 14.2 Å². The summed E-state index contributed by atoms with van der Waals surface area (Å²) in [6.45, 7) is 11.0. The van der Waals surface area contributed by atoms with Crippen molar-refractivity contribution >= 4 is 41.6 Å². The third-order valence-electron chi connectivity index (χ3n) is 7.13. The normalized spacial score (nSPS) is 12.6. The highest BCUT2D eigenvalue weighted by molar-refractivity contribution is 7.92. The lowest BCUT2D eigenvalue weighted by atomic mass is 10.0. The van der Waals surface area contributed by atoms with Gasteiger partial charge >= 0.3 is 12.1 Å². The maximum absolute atomic E-state index is 14.0. The Morgan fingerprint density at radius 2 is 1.67 bits per heavy atom. The summed E-state index contributed by atoms with van der Waals surface area (Å²) in [6.07, 6.45) is -4.93. The maximum atomic E-state index is 14.0. The lowest BCUT2D eigenvalue weighted by Gasteiger charge is -2.36. The third-order valence-corrected chi connectivity index (χ3v) is 13.3. The molecule has 0 fully saturated rings. The predicted molar refractivity (Wildman–Crippen MR) is 161 cm³/mol. The van der Waals surface area contributed by atoms with Gasteiger partial charge in [-0.1, -0.05) is 56.6 Å². The summed E-state index contributed by atoms with van der Waals surface area (Å²) in [6, 6.07) is 11.4. The van der Waals surface area contributed by atoms with Crippen molar-refractivity contribution in [1.29, 1.82) is 0 Å². The molecular formula is C29H33ClF3NO7SSi. The lowest BCUT2D eigenvalue weighted by molar-refractivity contribution is -0.136. The van der Waals surface area contributed by atoms with Gasteiger partial charge in [0.05, 0.1) is 35.6 Å². The van der Waals surface area contributed by atoms with E-state index in [4.69, 9.17) is 25.5 Å². The number of ether oxygens (including phenoxy) is 2. The molecule has 0 aromatic heterocycles. The molecule has 234 valence electrons. The minimum Gasteiger partial charge on any atom is -0.494 e. The van der Waals surface area contributed by atoms with E-state index < -0.39 is 57.9 Å². The summed E-state index contributed by atoms with van der Waals surface area (Å²) in [5, 5.41) is 9.01. The predicted octanol–water partition coefficient (Wildman–Crippen LogP) is 7.93. The van der Waals surface area contributed by atoms with Gasteiger partial charge in [-0.25, -0.2) is 13.2 Å². The minimum atomic E-state index is -4.93. The van der Waals surface area contributed by atoms with Gasteiger partial charge in [0.2, 0.25) is 0 Å². The number of para-hydroxylation sites is 1. The van der Waals surface area contributed by atoms with E-state index in [9.17, 15) is 31.5 Å². The summed E-state index contributed by atoms with van der Waals surface area (Å²) in [5.74, 6) is -1.56. The standard InChI is InChI=1S/C29H33ClF3NO7SSi/c1-28(2,3)43(5,6)41-14-13-40-24-10-8-7-9-20(24)18-11-12-21(29(31,32)33)23(16-18)34-42(37,38)25-17-19(27(35)36)15-22(30)26(25)39-4/h7-12,15-17,34H,13-14H2,1-6H3,(H,35,36). The number of anilines is 1. The fourth-order valence-corrected chi connectivity index (χ4v) is 6.50. The second kappa shape index (κ2) is 12.8. The van der Waals surface area contributed by atoms with Crippen LogP contribution in [0, 0.1) is 0 Å². The SMILES string of the molecule is COc1c(Cl)cc(C(=O)O)cc1S(=O)(=O)Nc1cc(-c2ccccc2OCCO[Si](C)(C)C(C)(C)C)ccc1C(F)(F)F. The quantitative estimate of drug-likeness (QED) is 0.159. The maximum Gasteiger partial charge on any atom is 0.418 e. The molecule has 0 spiro atoms. The Balaban J connectivity index is 2.01. The van der Waals surface area contributed by atoms with Crippen molar-refractivity contribution < 1.29 is 45.4 Å². The number of carboxylic acids is 1. The van der Waals surface area contributed by atoms with Gasteiger partial charge in [0.25, 0.3) is 10.0 Å². The number of hydrogen-bond acceptors (Lipinski definition) is 6. The van der Waals surface area contributed by atoms with Crippen molar-refractivity contribution in [3.8, 4) is 22.6 Å². The summed E-state index contributed by atoms with van der Waals surface area (Å²) in [5.41, 5.74) is -1.91. The highest BCUT2D eigenvalue weighted by atomic mass is 35.5. The lowest BCUT2D eigenvalue weighted by Crippen LogP contribution is -2.41. The molecular weight excluding hydrogens is 627 g/mol. The number of hydrogen-bond donors (Lipinski definition) is 2. The smallest absolute Gasteiger partial charge is 0.418 e. The number of carbonyl (C=O) groups is 1. The van der Waals surface area contributed by atoms with Gasteiger partial charge in [0, 0.05) is 5.56 Å². The monoisotopic (exact) mass is 659 g/mol. The third kappa shape index (κ3) is 8.02. The number of methoxy groups -OCH3 is 1. The molecule has 0 bridgehead atoms. The summed E-state index contributed by atoms with van der Waals surface area (Å²) in [7, 11) is -5.77. The Morgan fingerprint density at radius 1 is 1.02 bits per heavy atom. The van der Waals surface area contributed by atoms with Gasteiger partial charge in [0.1, 0.15) is 17.3 Å². The number of nitrogens with one attached hydrogen (secondary N) is 1. The van der Waals surface area contributed by atoms with Gasteiger partial charge in [-0.3, -0.25) is 4.72 Å². The van der Waals surface area contributed by atoms with E-state index in [1.807, 2.05) is 4.72 Å². The molecule has 0 heterocycles. The zero-order valence-electron chi connectivity index (χ0n) is 24.4.